The number of anilines is 1. The van der Waals surface area contributed by atoms with E-state index >= 15 is 0 Å². The van der Waals surface area contributed by atoms with Crippen molar-refractivity contribution in [3.8, 4) is 0 Å². The van der Waals surface area contributed by atoms with Crippen molar-refractivity contribution in [2.24, 2.45) is 0 Å². The molecule has 0 aliphatic carbocycles. The van der Waals surface area contributed by atoms with Crippen LogP contribution in [0.3, 0.4) is 0 Å². The van der Waals surface area contributed by atoms with Crippen LogP contribution in [0.15, 0.2) is 34.2 Å². The first-order chi connectivity index (χ1) is 13.2. The molecule has 0 unspecified atom stereocenters. The Morgan fingerprint density at radius 3 is 2.64 bits per heavy atom. The number of thioether (sulfide) groups is 1. The maximum Gasteiger partial charge on any atom is 0.263 e. The number of fused-ring (bicyclic) bond motifs is 1. The fourth-order valence-corrected chi connectivity index (χ4v) is 4.96. The minimum atomic E-state index is -0.514. The molecule has 2 aromatic heterocycles. The zero-order chi connectivity index (χ0) is 20.6. The van der Waals surface area contributed by atoms with E-state index in [-0.39, 0.29) is 17.5 Å². The Bertz CT molecular complexity index is 1100. The number of rotatable bonds is 5. The number of carbonyl (C=O) groups is 1. The highest BCUT2D eigenvalue weighted by atomic mass is 32.2. The molecular weight excluding hydrogens is 397 g/mol. The predicted molar refractivity (Wildman–Crippen MR) is 114 cm³/mol. The first-order valence-corrected chi connectivity index (χ1v) is 10.6. The summed E-state index contributed by atoms with van der Waals surface area (Å²) >= 11 is 2.71. The maximum absolute atomic E-state index is 13.3. The zero-order valence-electron chi connectivity index (χ0n) is 16.4. The number of benzene rings is 1. The Hall–Kier alpha value is -2.19. The normalized spacial score (nSPS) is 12.5. The van der Waals surface area contributed by atoms with Crippen molar-refractivity contribution in [3.63, 3.8) is 0 Å². The van der Waals surface area contributed by atoms with Crippen LogP contribution in [0.25, 0.3) is 10.2 Å². The Labute approximate surface area is 171 Å². The summed E-state index contributed by atoms with van der Waals surface area (Å²) in [4.78, 5) is 32.1. The van der Waals surface area contributed by atoms with E-state index in [2.05, 4.69) is 10.3 Å². The molecule has 0 aliphatic heterocycles. The van der Waals surface area contributed by atoms with Crippen LogP contribution < -0.4 is 10.9 Å². The molecule has 3 rings (SSSR count). The van der Waals surface area contributed by atoms with Gasteiger partial charge in [0.25, 0.3) is 5.56 Å². The summed E-state index contributed by atoms with van der Waals surface area (Å²) in [6.07, 6.45) is 0. The van der Waals surface area contributed by atoms with Crippen LogP contribution in [-0.4, -0.2) is 20.7 Å². The minimum Gasteiger partial charge on any atom is -0.325 e. The molecule has 5 nitrogen and oxygen atoms in total. The van der Waals surface area contributed by atoms with Crippen LogP contribution in [0.4, 0.5) is 10.1 Å². The first kappa shape index (κ1) is 20.5. The van der Waals surface area contributed by atoms with Gasteiger partial charge in [-0.1, -0.05) is 17.8 Å². The molecule has 28 heavy (non-hydrogen) atoms. The van der Waals surface area contributed by atoms with E-state index in [0.29, 0.717) is 21.1 Å². The van der Waals surface area contributed by atoms with Gasteiger partial charge in [0, 0.05) is 16.6 Å². The predicted octanol–water partition coefficient (Wildman–Crippen LogP) is 4.91. The third kappa shape index (κ3) is 3.98. The number of nitrogens with zero attached hydrogens (tertiary/aromatic N) is 2. The molecule has 1 amide bonds. The van der Waals surface area contributed by atoms with Crippen molar-refractivity contribution in [2.45, 2.75) is 51.1 Å². The van der Waals surface area contributed by atoms with Gasteiger partial charge >= 0.3 is 0 Å². The second-order valence-corrected chi connectivity index (χ2v) is 9.40. The standard InChI is InChI=1S/C20H22FN3O2S2/c1-10(2)24-19(26)16-11(3)12(4)27-18(16)23-20(24)28-13(5)17(25)22-15-8-6-7-14(21)9-15/h6-10,13H,1-5H3,(H,22,25)/t13-/m0/s1. The smallest absolute Gasteiger partial charge is 0.263 e. The van der Waals surface area contributed by atoms with Crippen LogP contribution in [0, 0.1) is 19.7 Å². The molecule has 8 heteroatoms. The van der Waals surface area contributed by atoms with E-state index in [9.17, 15) is 14.0 Å². The highest BCUT2D eigenvalue weighted by Crippen LogP contribution is 2.31. The first-order valence-electron chi connectivity index (χ1n) is 8.94. The molecule has 0 aliphatic rings. The van der Waals surface area contributed by atoms with Crippen molar-refractivity contribution < 1.29 is 9.18 Å². The molecule has 1 atom stereocenters. The summed E-state index contributed by atoms with van der Waals surface area (Å²) in [6.45, 7) is 9.49. The summed E-state index contributed by atoms with van der Waals surface area (Å²) in [5.41, 5.74) is 1.27. The Kier molecular flexibility index (Phi) is 5.90. The minimum absolute atomic E-state index is 0.0814. The topological polar surface area (TPSA) is 64.0 Å². The maximum atomic E-state index is 13.3. The number of halogens is 1. The third-order valence-corrected chi connectivity index (χ3v) is 6.63. The number of nitrogens with one attached hydrogen (secondary N) is 1. The molecule has 2 heterocycles. The number of hydrogen-bond acceptors (Lipinski definition) is 5. The SMILES string of the molecule is Cc1sc2nc(S[C@@H](C)C(=O)Nc3cccc(F)c3)n(C(C)C)c(=O)c2c1C. The van der Waals surface area contributed by atoms with Gasteiger partial charge in [0.05, 0.1) is 10.6 Å². The highest BCUT2D eigenvalue weighted by Gasteiger charge is 2.22. The fourth-order valence-electron chi connectivity index (χ4n) is 2.85. The van der Waals surface area contributed by atoms with E-state index in [1.165, 1.54) is 41.3 Å². The van der Waals surface area contributed by atoms with E-state index in [1.54, 1.807) is 17.6 Å². The van der Waals surface area contributed by atoms with Gasteiger partial charge in [-0.3, -0.25) is 14.2 Å². The second-order valence-electron chi connectivity index (χ2n) is 6.89. The Morgan fingerprint density at radius 2 is 2.00 bits per heavy atom. The van der Waals surface area contributed by atoms with Crippen molar-refractivity contribution in [3.05, 3.63) is 50.9 Å². The molecule has 1 aromatic carbocycles. The lowest BCUT2D eigenvalue weighted by molar-refractivity contribution is -0.115. The molecule has 0 bridgehead atoms. The van der Waals surface area contributed by atoms with Gasteiger partial charge in [0.2, 0.25) is 5.91 Å². The number of hydrogen-bond donors (Lipinski definition) is 1. The van der Waals surface area contributed by atoms with Gasteiger partial charge < -0.3 is 5.32 Å². The second kappa shape index (κ2) is 8.05. The number of amides is 1. The Balaban J connectivity index is 1.93. The van der Waals surface area contributed by atoms with Crippen molar-refractivity contribution in [1.82, 2.24) is 9.55 Å². The van der Waals surface area contributed by atoms with Crippen LogP contribution in [0.2, 0.25) is 0 Å². The van der Waals surface area contributed by atoms with Gasteiger partial charge in [-0.25, -0.2) is 9.37 Å². The molecule has 0 saturated carbocycles. The lowest BCUT2D eigenvalue weighted by Gasteiger charge is -2.18. The monoisotopic (exact) mass is 419 g/mol. The lowest BCUT2D eigenvalue weighted by Crippen LogP contribution is -2.28. The largest absolute Gasteiger partial charge is 0.325 e. The van der Waals surface area contributed by atoms with Crippen molar-refractivity contribution >= 4 is 44.9 Å². The third-order valence-electron chi connectivity index (χ3n) is 4.46. The quantitative estimate of drug-likeness (QED) is 0.471. The number of aromatic nitrogens is 2. The molecule has 1 N–H and O–H groups in total. The highest BCUT2D eigenvalue weighted by molar-refractivity contribution is 8.00. The average Bonchev–Trinajstić information content (AvgIpc) is 2.88. The molecular formula is C20H22FN3O2S2. The zero-order valence-corrected chi connectivity index (χ0v) is 18.0. The van der Waals surface area contributed by atoms with Crippen LogP contribution in [-0.2, 0) is 4.79 Å². The molecule has 0 fully saturated rings. The number of aryl methyl sites for hydroxylation is 2. The molecule has 0 spiro atoms. The molecule has 3 aromatic rings. The van der Waals surface area contributed by atoms with E-state index in [4.69, 9.17) is 0 Å². The lowest BCUT2D eigenvalue weighted by atomic mass is 10.2. The Morgan fingerprint density at radius 1 is 1.29 bits per heavy atom. The van der Waals surface area contributed by atoms with E-state index < -0.39 is 11.1 Å². The number of carbonyl (C=O) groups excluding carboxylic acids is 1. The van der Waals surface area contributed by atoms with Gasteiger partial charge in [-0.15, -0.1) is 11.3 Å². The molecule has 148 valence electrons. The van der Waals surface area contributed by atoms with Gasteiger partial charge in [-0.05, 0) is 58.4 Å². The molecule has 0 radical (unpaired) electrons. The van der Waals surface area contributed by atoms with Gasteiger partial charge in [-0.2, -0.15) is 0 Å². The summed E-state index contributed by atoms with van der Waals surface area (Å²) in [6, 6.07) is 5.66. The molecule has 0 saturated heterocycles. The van der Waals surface area contributed by atoms with Gasteiger partial charge in [0.1, 0.15) is 10.6 Å². The van der Waals surface area contributed by atoms with Crippen molar-refractivity contribution in [2.75, 3.05) is 5.32 Å². The summed E-state index contributed by atoms with van der Waals surface area (Å²) in [5, 5.41) is 3.35. The van der Waals surface area contributed by atoms with Crippen molar-refractivity contribution in [1.29, 1.82) is 0 Å². The van der Waals surface area contributed by atoms with Gasteiger partial charge in [0.15, 0.2) is 5.16 Å². The fraction of sp³-hybridized carbons (Fsp3) is 0.350. The summed E-state index contributed by atoms with van der Waals surface area (Å²) < 4.78 is 15.0. The summed E-state index contributed by atoms with van der Waals surface area (Å²) in [7, 11) is 0. The average molecular weight is 420 g/mol. The number of thiophene rings is 1. The summed E-state index contributed by atoms with van der Waals surface area (Å²) in [5.74, 6) is -0.693. The van der Waals surface area contributed by atoms with E-state index in [1.807, 2.05) is 27.7 Å². The van der Waals surface area contributed by atoms with Crippen LogP contribution in [0.1, 0.15) is 37.3 Å². The van der Waals surface area contributed by atoms with Crippen LogP contribution in [0.5, 0.6) is 0 Å². The van der Waals surface area contributed by atoms with Crippen LogP contribution >= 0.6 is 23.1 Å². The van der Waals surface area contributed by atoms with E-state index in [0.717, 1.165) is 10.4 Å².